The molecule has 0 aliphatic rings. The first-order valence-electron chi connectivity index (χ1n) is 4.97. The highest BCUT2D eigenvalue weighted by molar-refractivity contribution is 7.98. The van der Waals surface area contributed by atoms with E-state index in [1.165, 1.54) is 36.0 Å². The molecule has 4 heteroatoms. The average molecular weight is 271 g/mol. The topological polar surface area (TPSA) is 0 Å². The molecule has 0 unspecified atom stereocenters. The summed E-state index contributed by atoms with van der Waals surface area (Å²) in [7, 11) is 0. The molecule has 0 aliphatic carbocycles. The number of thioether (sulfide) groups is 1. The van der Waals surface area contributed by atoms with Crippen molar-refractivity contribution in [2.45, 2.75) is 10.6 Å². The van der Waals surface area contributed by atoms with Crippen molar-refractivity contribution < 1.29 is 8.78 Å². The van der Waals surface area contributed by atoms with Crippen LogP contribution in [0.2, 0.25) is 5.02 Å². The Morgan fingerprint density at radius 1 is 1.00 bits per heavy atom. The van der Waals surface area contributed by atoms with E-state index in [9.17, 15) is 8.78 Å². The maximum Gasteiger partial charge on any atom is 0.142 e. The molecule has 0 heterocycles. The highest BCUT2D eigenvalue weighted by Gasteiger charge is 2.02. The van der Waals surface area contributed by atoms with E-state index in [4.69, 9.17) is 11.6 Å². The molecule has 0 saturated heterocycles. The molecule has 0 radical (unpaired) electrons. The van der Waals surface area contributed by atoms with Gasteiger partial charge in [-0.3, -0.25) is 0 Å². The van der Waals surface area contributed by atoms with Crippen LogP contribution in [0, 0.1) is 11.6 Å². The SMILES string of the molecule is Fc1ccc(CSc2ccc(Cl)c(F)c2)cc1. The molecule has 0 spiro atoms. The van der Waals surface area contributed by atoms with E-state index in [1.54, 1.807) is 18.2 Å². The fourth-order valence-electron chi connectivity index (χ4n) is 1.31. The highest BCUT2D eigenvalue weighted by Crippen LogP contribution is 2.26. The number of hydrogen-bond acceptors (Lipinski definition) is 1. The molecule has 2 rings (SSSR count). The van der Waals surface area contributed by atoms with Crippen LogP contribution in [0.25, 0.3) is 0 Å². The zero-order chi connectivity index (χ0) is 12.3. The van der Waals surface area contributed by atoms with Crippen LogP contribution in [0.4, 0.5) is 8.78 Å². The molecule has 0 atom stereocenters. The van der Waals surface area contributed by atoms with E-state index in [1.807, 2.05) is 0 Å². The molecule has 0 aliphatic heterocycles. The number of benzene rings is 2. The molecule has 17 heavy (non-hydrogen) atoms. The van der Waals surface area contributed by atoms with Gasteiger partial charge in [0.25, 0.3) is 0 Å². The maximum atomic E-state index is 13.2. The van der Waals surface area contributed by atoms with Gasteiger partial charge in [0, 0.05) is 10.6 Å². The normalized spacial score (nSPS) is 10.5. The Bertz CT molecular complexity index is 511. The summed E-state index contributed by atoms with van der Waals surface area (Å²) in [5.41, 5.74) is 0.992. The molecule has 0 aromatic heterocycles. The lowest BCUT2D eigenvalue weighted by molar-refractivity contribution is 0.624. The third-order valence-corrected chi connectivity index (χ3v) is 3.58. The predicted octanol–water partition coefficient (Wildman–Crippen LogP) is 4.91. The van der Waals surface area contributed by atoms with E-state index in [-0.39, 0.29) is 10.8 Å². The Labute approximate surface area is 108 Å². The summed E-state index contributed by atoms with van der Waals surface area (Å²) in [4.78, 5) is 0.802. The van der Waals surface area contributed by atoms with Crippen LogP contribution in [0.1, 0.15) is 5.56 Å². The van der Waals surface area contributed by atoms with Crippen molar-refractivity contribution in [3.63, 3.8) is 0 Å². The second-order valence-corrected chi connectivity index (χ2v) is 4.95. The smallest absolute Gasteiger partial charge is 0.142 e. The Kier molecular flexibility index (Phi) is 4.02. The van der Waals surface area contributed by atoms with Crippen molar-refractivity contribution in [2.75, 3.05) is 0 Å². The number of hydrogen-bond donors (Lipinski definition) is 0. The fourth-order valence-corrected chi connectivity index (χ4v) is 2.31. The van der Waals surface area contributed by atoms with Crippen molar-refractivity contribution in [3.8, 4) is 0 Å². The maximum absolute atomic E-state index is 13.2. The third kappa shape index (κ3) is 3.45. The molecule has 2 aromatic rings. The Hall–Kier alpha value is -1.06. The van der Waals surface area contributed by atoms with Crippen molar-refractivity contribution in [2.24, 2.45) is 0 Å². The van der Waals surface area contributed by atoms with E-state index in [2.05, 4.69) is 0 Å². The summed E-state index contributed by atoms with van der Waals surface area (Å²) in [5.74, 6) is -0.00601. The highest BCUT2D eigenvalue weighted by atomic mass is 35.5. The standard InChI is InChI=1S/C13H9ClF2S/c14-12-6-5-11(7-13(12)16)17-8-9-1-3-10(15)4-2-9/h1-7H,8H2. The second-order valence-electron chi connectivity index (χ2n) is 3.49. The van der Waals surface area contributed by atoms with Gasteiger partial charge in [-0.2, -0.15) is 0 Å². The molecular formula is C13H9ClF2S. The lowest BCUT2D eigenvalue weighted by Gasteiger charge is -2.03. The summed E-state index contributed by atoms with van der Waals surface area (Å²) in [6.07, 6.45) is 0. The largest absolute Gasteiger partial charge is 0.207 e. The molecule has 0 nitrogen and oxygen atoms in total. The van der Waals surface area contributed by atoms with Gasteiger partial charge < -0.3 is 0 Å². The summed E-state index contributed by atoms with van der Waals surface area (Å²) in [6.45, 7) is 0. The molecule has 0 amide bonds. The van der Waals surface area contributed by atoms with Gasteiger partial charge in [-0.25, -0.2) is 8.78 Å². The minimum Gasteiger partial charge on any atom is -0.207 e. The van der Waals surface area contributed by atoms with Crippen LogP contribution in [0.3, 0.4) is 0 Å². The van der Waals surface area contributed by atoms with Gasteiger partial charge in [0.05, 0.1) is 5.02 Å². The summed E-state index contributed by atoms with van der Waals surface area (Å²) in [5, 5.41) is 0.121. The molecule has 0 N–H and O–H groups in total. The van der Waals surface area contributed by atoms with Crippen LogP contribution in [-0.4, -0.2) is 0 Å². The molecule has 88 valence electrons. The Balaban J connectivity index is 2.02. The lowest BCUT2D eigenvalue weighted by Crippen LogP contribution is -1.83. The first kappa shape index (κ1) is 12.4. The lowest BCUT2D eigenvalue weighted by atomic mass is 10.2. The quantitative estimate of drug-likeness (QED) is 0.714. The summed E-state index contributed by atoms with van der Waals surface area (Å²) < 4.78 is 25.8. The van der Waals surface area contributed by atoms with Crippen molar-refractivity contribution in [1.82, 2.24) is 0 Å². The van der Waals surface area contributed by atoms with Gasteiger partial charge in [0.15, 0.2) is 0 Å². The van der Waals surface area contributed by atoms with Crippen LogP contribution in [-0.2, 0) is 5.75 Å². The first-order chi connectivity index (χ1) is 8.15. The average Bonchev–Trinajstić information content (AvgIpc) is 2.33. The van der Waals surface area contributed by atoms with Crippen molar-refractivity contribution in [1.29, 1.82) is 0 Å². The van der Waals surface area contributed by atoms with Gasteiger partial charge in [0.1, 0.15) is 11.6 Å². The summed E-state index contributed by atoms with van der Waals surface area (Å²) in [6, 6.07) is 11.0. The Morgan fingerprint density at radius 2 is 1.71 bits per heavy atom. The van der Waals surface area contributed by atoms with Crippen LogP contribution < -0.4 is 0 Å². The fraction of sp³-hybridized carbons (Fsp3) is 0.0769. The van der Waals surface area contributed by atoms with Crippen molar-refractivity contribution in [3.05, 3.63) is 64.7 Å². The molecule has 0 saturated carbocycles. The van der Waals surface area contributed by atoms with Gasteiger partial charge in [-0.15, -0.1) is 11.8 Å². The van der Waals surface area contributed by atoms with E-state index in [0.29, 0.717) is 5.75 Å². The summed E-state index contributed by atoms with van der Waals surface area (Å²) >= 11 is 7.07. The minimum absolute atomic E-state index is 0.121. The van der Waals surface area contributed by atoms with Gasteiger partial charge in [-0.1, -0.05) is 23.7 Å². The Morgan fingerprint density at radius 3 is 2.35 bits per heavy atom. The van der Waals surface area contributed by atoms with Gasteiger partial charge >= 0.3 is 0 Å². The minimum atomic E-state index is -0.421. The van der Waals surface area contributed by atoms with Crippen LogP contribution >= 0.6 is 23.4 Å². The predicted molar refractivity (Wildman–Crippen MR) is 67.4 cm³/mol. The number of rotatable bonds is 3. The second kappa shape index (κ2) is 5.52. The number of halogens is 3. The van der Waals surface area contributed by atoms with Gasteiger partial charge in [-0.05, 0) is 35.9 Å². The zero-order valence-electron chi connectivity index (χ0n) is 8.79. The zero-order valence-corrected chi connectivity index (χ0v) is 10.4. The monoisotopic (exact) mass is 270 g/mol. The molecule has 0 fully saturated rings. The third-order valence-electron chi connectivity index (χ3n) is 2.21. The van der Waals surface area contributed by atoms with Crippen molar-refractivity contribution >= 4 is 23.4 Å². The van der Waals surface area contributed by atoms with Crippen LogP contribution in [0.15, 0.2) is 47.4 Å². The first-order valence-corrected chi connectivity index (χ1v) is 6.34. The van der Waals surface area contributed by atoms with E-state index < -0.39 is 5.82 Å². The van der Waals surface area contributed by atoms with Crippen LogP contribution in [0.5, 0.6) is 0 Å². The molecular weight excluding hydrogens is 262 g/mol. The molecule has 0 bridgehead atoms. The van der Waals surface area contributed by atoms with E-state index >= 15 is 0 Å². The van der Waals surface area contributed by atoms with E-state index in [0.717, 1.165) is 10.5 Å². The molecule has 2 aromatic carbocycles. The van der Waals surface area contributed by atoms with Gasteiger partial charge in [0.2, 0.25) is 0 Å².